The summed E-state index contributed by atoms with van der Waals surface area (Å²) >= 11 is 1.06. The van der Waals surface area contributed by atoms with Crippen LogP contribution in [0.3, 0.4) is 0 Å². The van der Waals surface area contributed by atoms with Crippen LogP contribution in [0.5, 0.6) is 11.5 Å². The van der Waals surface area contributed by atoms with Crippen LogP contribution in [0.25, 0.3) is 0 Å². The van der Waals surface area contributed by atoms with Crippen molar-refractivity contribution in [2.75, 3.05) is 27.9 Å². The summed E-state index contributed by atoms with van der Waals surface area (Å²) in [7, 11) is 0.476. The Kier molecular flexibility index (Phi) is 5.73. The van der Waals surface area contributed by atoms with Gasteiger partial charge in [0.1, 0.15) is 21.3 Å². The lowest BCUT2D eigenvalue weighted by Gasteiger charge is -2.26. The minimum absolute atomic E-state index is 0.0151. The van der Waals surface area contributed by atoms with Gasteiger partial charge < -0.3 is 14.2 Å². The molecular formula is C18H21NO6S2. The van der Waals surface area contributed by atoms with E-state index in [0.29, 0.717) is 24.5 Å². The molecule has 1 atom stereocenters. The highest BCUT2D eigenvalue weighted by atomic mass is 32.2. The molecular weight excluding hydrogens is 390 g/mol. The average molecular weight is 412 g/mol. The van der Waals surface area contributed by atoms with Crippen molar-refractivity contribution in [1.82, 2.24) is 4.31 Å². The van der Waals surface area contributed by atoms with Crippen LogP contribution in [-0.4, -0.2) is 46.6 Å². The summed E-state index contributed by atoms with van der Waals surface area (Å²) in [6.07, 6.45) is 1.39. The molecule has 7 nitrogen and oxygen atoms in total. The number of thiophene rings is 1. The molecule has 1 aliphatic rings. The van der Waals surface area contributed by atoms with Crippen molar-refractivity contribution in [3.8, 4) is 11.5 Å². The van der Waals surface area contributed by atoms with Crippen molar-refractivity contribution in [2.45, 2.75) is 23.8 Å². The Morgan fingerprint density at radius 2 is 1.96 bits per heavy atom. The van der Waals surface area contributed by atoms with Crippen molar-refractivity contribution in [1.29, 1.82) is 0 Å². The van der Waals surface area contributed by atoms with E-state index in [1.165, 1.54) is 17.5 Å². The van der Waals surface area contributed by atoms with E-state index in [4.69, 9.17) is 14.2 Å². The first-order valence-electron chi connectivity index (χ1n) is 8.33. The van der Waals surface area contributed by atoms with Gasteiger partial charge >= 0.3 is 5.97 Å². The molecule has 0 aliphatic carbocycles. The van der Waals surface area contributed by atoms with Crippen molar-refractivity contribution >= 4 is 27.3 Å². The van der Waals surface area contributed by atoms with Crippen LogP contribution in [0.1, 0.15) is 34.1 Å². The molecule has 1 aromatic carbocycles. The molecule has 3 rings (SSSR count). The van der Waals surface area contributed by atoms with E-state index in [2.05, 4.69) is 0 Å². The number of hydrogen-bond acceptors (Lipinski definition) is 7. The number of benzene rings is 1. The van der Waals surface area contributed by atoms with Gasteiger partial charge in [0.15, 0.2) is 0 Å². The van der Waals surface area contributed by atoms with Crippen LogP contribution in [0.4, 0.5) is 0 Å². The number of hydrogen-bond donors (Lipinski definition) is 0. The maximum Gasteiger partial charge on any atom is 0.349 e. The van der Waals surface area contributed by atoms with E-state index in [1.54, 1.807) is 31.7 Å². The van der Waals surface area contributed by atoms with E-state index in [0.717, 1.165) is 23.3 Å². The molecule has 1 saturated heterocycles. The quantitative estimate of drug-likeness (QED) is 0.680. The van der Waals surface area contributed by atoms with Gasteiger partial charge in [0.05, 0.1) is 27.4 Å². The number of nitrogens with zero attached hydrogens (tertiary/aromatic N) is 1. The molecule has 0 N–H and O–H groups in total. The zero-order valence-electron chi connectivity index (χ0n) is 15.3. The summed E-state index contributed by atoms with van der Waals surface area (Å²) in [5.41, 5.74) is 0.772. The van der Waals surface area contributed by atoms with Crippen LogP contribution < -0.4 is 9.47 Å². The third-order valence-corrected chi connectivity index (χ3v) is 7.56. The molecule has 0 spiro atoms. The molecule has 0 amide bonds. The fourth-order valence-corrected chi connectivity index (χ4v) is 6.28. The third-order valence-electron chi connectivity index (χ3n) is 4.59. The molecule has 1 aliphatic heterocycles. The first-order valence-corrected chi connectivity index (χ1v) is 10.7. The molecule has 1 fully saturated rings. The summed E-state index contributed by atoms with van der Waals surface area (Å²) in [6, 6.07) is 6.42. The first kappa shape index (κ1) is 19.7. The Morgan fingerprint density at radius 3 is 2.63 bits per heavy atom. The average Bonchev–Trinajstić information content (AvgIpc) is 3.36. The summed E-state index contributed by atoms with van der Waals surface area (Å²) < 4.78 is 43.4. The topological polar surface area (TPSA) is 82.1 Å². The zero-order valence-corrected chi connectivity index (χ0v) is 16.9. The van der Waals surface area contributed by atoms with Crippen LogP contribution in [0.15, 0.2) is 34.5 Å². The molecule has 2 aromatic rings. The number of rotatable bonds is 6. The van der Waals surface area contributed by atoms with E-state index in [-0.39, 0.29) is 15.8 Å². The van der Waals surface area contributed by atoms with Crippen LogP contribution in [-0.2, 0) is 14.8 Å². The fraction of sp³-hybridized carbons (Fsp3) is 0.389. The van der Waals surface area contributed by atoms with Gasteiger partial charge in [0, 0.05) is 18.2 Å². The molecule has 27 heavy (non-hydrogen) atoms. The zero-order chi connectivity index (χ0) is 19.6. The van der Waals surface area contributed by atoms with Crippen molar-refractivity contribution in [3.05, 3.63) is 40.1 Å². The third kappa shape index (κ3) is 3.54. The van der Waals surface area contributed by atoms with E-state index in [9.17, 15) is 13.2 Å². The standard InChI is InChI=1S/C18H21NO6S2/c1-23-12-6-7-13(15(11-12)24-2)14-5-4-9-19(14)27(21,22)16-8-10-26-17(16)18(20)25-3/h6-8,10-11,14H,4-5,9H2,1-3H3. The van der Waals surface area contributed by atoms with E-state index >= 15 is 0 Å². The Labute approximate surface area is 162 Å². The lowest BCUT2D eigenvalue weighted by atomic mass is 10.0. The molecule has 9 heteroatoms. The number of methoxy groups -OCH3 is 3. The Hall–Kier alpha value is -2.10. The molecule has 2 heterocycles. The number of esters is 1. The lowest BCUT2D eigenvalue weighted by Crippen LogP contribution is -2.31. The van der Waals surface area contributed by atoms with Crippen molar-refractivity contribution < 1.29 is 27.4 Å². The van der Waals surface area contributed by atoms with Gasteiger partial charge in [-0.15, -0.1) is 11.3 Å². The van der Waals surface area contributed by atoms with Crippen molar-refractivity contribution in [2.24, 2.45) is 0 Å². The van der Waals surface area contributed by atoms with Gasteiger partial charge in [-0.1, -0.05) is 6.07 Å². The van der Waals surface area contributed by atoms with E-state index in [1.807, 2.05) is 6.07 Å². The molecule has 1 aromatic heterocycles. The monoisotopic (exact) mass is 411 g/mol. The molecule has 146 valence electrons. The second-order valence-electron chi connectivity index (χ2n) is 5.99. The highest BCUT2D eigenvalue weighted by Gasteiger charge is 2.39. The first-order chi connectivity index (χ1) is 12.9. The predicted octanol–water partition coefficient (Wildman–Crippen LogP) is 3.08. The van der Waals surface area contributed by atoms with Crippen LogP contribution in [0.2, 0.25) is 0 Å². The van der Waals surface area contributed by atoms with Gasteiger partial charge in [-0.3, -0.25) is 0 Å². The largest absolute Gasteiger partial charge is 0.497 e. The second-order valence-corrected chi connectivity index (χ2v) is 8.76. The molecule has 0 bridgehead atoms. The maximum atomic E-state index is 13.3. The van der Waals surface area contributed by atoms with Gasteiger partial charge in [-0.05, 0) is 30.4 Å². The van der Waals surface area contributed by atoms with Crippen molar-refractivity contribution in [3.63, 3.8) is 0 Å². The maximum absolute atomic E-state index is 13.3. The summed E-state index contributed by atoms with van der Waals surface area (Å²) in [5, 5.41) is 1.58. The highest BCUT2D eigenvalue weighted by Crippen LogP contribution is 2.42. The molecule has 0 radical (unpaired) electrons. The summed E-state index contributed by atoms with van der Waals surface area (Å²) in [6.45, 7) is 0.374. The van der Waals surface area contributed by atoms with Gasteiger partial charge in [0.25, 0.3) is 0 Å². The molecule has 1 unspecified atom stereocenters. The Balaban J connectivity index is 2.02. The SMILES string of the molecule is COC(=O)c1sccc1S(=O)(=O)N1CCCC1c1ccc(OC)cc1OC. The summed E-state index contributed by atoms with van der Waals surface area (Å²) in [5.74, 6) is 0.551. The summed E-state index contributed by atoms with van der Waals surface area (Å²) in [4.78, 5) is 12.0. The number of carbonyl (C=O) groups excluding carboxylic acids is 1. The minimum Gasteiger partial charge on any atom is -0.497 e. The Morgan fingerprint density at radius 1 is 1.19 bits per heavy atom. The van der Waals surface area contributed by atoms with E-state index < -0.39 is 16.0 Å². The van der Waals surface area contributed by atoms with Gasteiger partial charge in [-0.2, -0.15) is 4.31 Å². The number of ether oxygens (including phenoxy) is 3. The lowest BCUT2D eigenvalue weighted by molar-refractivity contribution is 0.0602. The molecule has 0 saturated carbocycles. The number of sulfonamides is 1. The smallest absolute Gasteiger partial charge is 0.349 e. The normalized spacial score (nSPS) is 17.7. The fourth-order valence-electron chi connectivity index (χ4n) is 3.30. The highest BCUT2D eigenvalue weighted by molar-refractivity contribution is 7.89. The van der Waals surface area contributed by atoms with Crippen LogP contribution in [0, 0.1) is 0 Å². The Bertz CT molecular complexity index is 937. The second kappa shape index (κ2) is 7.87. The van der Waals surface area contributed by atoms with Gasteiger partial charge in [-0.25, -0.2) is 13.2 Å². The predicted molar refractivity (Wildman–Crippen MR) is 101 cm³/mol. The minimum atomic E-state index is -3.86. The number of carbonyl (C=O) groups is 1. The van der Waals surface area contributed by atoms with Crippen LogP contribution >= 0.6 is 11.3 Å². The van der Waals surface area contributed by atoms with Gasteiger partial charge in [0.2, 0.25) is 10.0 Å².